The molecule has 134 valence electrons. The van der Waals surface area contributed by atoms with E-state index in [-0.39, 0.29) is 18.0 Å². The van der Waals surface area contributed by atoms with E-state index in [0.717, 1.165) is 35.3 Å². The van der Waals surface area contributed by atoms with E-state index in [0.29, 0.717) is 11.6 Å². The number of nitrogens with zero attached hydrogens (tertiary/aromatic N) is 2. The highest BCUT2D eigenvalue weighted by molar-refractivity contribution is 6.30. The molecule has 0 saturated heterocycles. The van der Waals surface area contributed by atoms with Crippen LogP contribution in [0.5, 0.6) is 5.75 Å². The van der Waals surface area contributed by atoms with Gasteiger partial charge in [-0.3, -0.25) is 4.98 Å². The lowest BCUT2D eigenvalue weighted by molar-refractivity contribution is 0.00745. The van der Waals surface area contributed by atoms with E-state index >= 15 is 0 Å². The van der Waals surface area contributed by atoms with E-state index in [4.69, 9.17) is 31.8 Å². The number of benzene rings is 1. The van der Waals surface area contributed by atoms with Gasteiger partial charge in [-0.1, -0.05) is 24.1 Å². The maximum Gasteiger partial charge on any atom is 0.283 e. The van der Waals surface area contributed by atoms with Gasteiger partial charge in [0.1, 0.15) is 24.0 Å². The fourth-order valence-electron chi connectivity index (χ4n) is 4.64. The average Bonchev–Trinajstić information content (AvgIpc) is 3.04. The molecule has 2 aromatic rings. The maximum absolute atomic E-state index is 6.37. The molecule has 1 aromatic heterocycles. The second kappa shape index (κ2) is 5.88. The summed E-state index contributed by atoms with van der Waals surface area (Å²) in [5, 5.41) is 0.616. The summed E-state index contributed by atoms with van der Waals surface area (Å²) >= 11 is 6.12. The van der Waals surface area contributed by atoms with Crippen molar-refractivity contribution in [1.82, 2.24) is 4.98 Å². The molecular weight excluding hydrogens is 350 g/mol. The number of ether oxygens (including phenoxy) is 2. The number of fused-ring (bicyclic) bond motifs is 4. The summed E-state index contributed by atoms with van der Waals surface area (Å²) in [5.41, 5.74) is 8.56. The SMILES string of the molecule is NC1=NC2(CO1)c1cc(-c3cncc(Cl)c3)ccc1OC1CCCCC12. The van der Waals surface area contributed by atoms with Crippen LogP contribution in [0.2, 0.25) is 5.02 Å². The molecule has 3 aliphatic rings. The zero-order valence-electron chi connectivity index (χ0n) is 14.3. The van der Waals surface area contributed by atoms with Gasteiger partial charge >= 0.3 is 0 Å². The zero-order valence-corrected chi connectivity index (χ0v) is 15.1. The van der Waals surface area contributed by atoms with Crippen molar-refractivity contribution in [2.24, 2.45) is 16.6 Å². The highest BCUT2D eigenvalue weighted by Gasteiger charge is 2.54. The predicted octanol–water partition coefficient (Wildman–Crippen LogP) is 3.89. The molecule has 2 N–H and O–H groups in total. The van der Waals surface area contributed by atoms with Gasteiger partial charge < -0.3 is 15.2 Å². The molecule has 1 aromatic carbocycles. The molecule has 5 nitrogen and oxygen atoms in total. The molecule has 3 heterocycles. The number of rotatable bonds is 1. The van der Waals surface area contributed by atoms with Crippen LogP contribution in [0, 0.1) is 5.92 Å². The van der Waals surface area contributed by atoms with Crippen LogP contribution in [0.1, 0.15) is 31.2 Å². The second-order valence-corrected chi connectivity index (χ2v) is 7.75. The van der Waals surface area contributed by atoms with Gasteiger partial charge in [0.2, 0.25) is 0 Å². The van der Waals surface area contributed by atoms with E-state index in [1.807, 2.05) is 24.4 Å². The number of nitrogens with two attached hydrogens (primary N) is 1. The van der Waals surface area contributed by atoms with Gasteiger partial charge in [0.15, 0.2) is 0 Å². The van der Waals surface area contributed by atoms with Gasteiger partial charge in [0.05, 0.1) is 5.02 Å². The summed E-state index contributed by atoms with van der Waals surface area (Å²) in [6.07, 6.45) is 8.14. The number of aliphatic imine (C=N–C) groups is 1. The first-order chi connectivity index (χ1) is 12.7. The van der Waals surface area contributed by atoms with Gasteiger partial charge in [0.25, 0.3) is 6.02 Å². The Bertz CT molecular complexity index is 900. The average molecular weight is 370 g/mol. The predicted molar refractivity (Wildman–Crippen MR) is 100 cm³/mol. The molecule has 0 radical (unpaired) electrons. The summed E-state index contributed by atoms with van der Waals surface area (Å²) in [4.78, 5) is 9.01. The largest absolute Gasteiger partial charge is 0.490 e. The van der Waals surface area contributed by atoms with Gasteiger partial charge in [-0.15, -0.1) is 0 Å². The summed E-state index contributed by atoms with van der Waals surface area (Å²) in [7, 11) is 0. The van der Waals surface area contributed by atoms with Crippen molar-refractivity contribution in [3.8, 4) is 16.9 Å². The van der Waals surface area contributed by atoms with Crippen LogP contribution in [0.4, 0.5) is 0 Å². The molecule has 0 bridgehead atoms. The van der Waals surface area contributed by atoms with Crippen molar-refractivity contribution in [2.45, 2.75) is 37.3 Å². The number of pyridine rings is 1. The van der Waals surface area contributed by atoms with E-state index in [9.17, 15) is 0 Å². The first kappa shape index (κ1) is 15.9. The minimum atomic E-state index is -0.454. The van der Waals surface area contributed by atoms with Gasteiger partial charge in [0, 0.05) is 29.4 Å². The first-order valence-electron chi connectivity index (χ1n) is 9.06. The van der Waals surface area contributed by atoms with Crippen molar-refractivity contribution in [2.75, 3.05) is 6.61 Å². The number of aromatic nitrogens is 1. The zero-order chi connectivity index (χ0) is 17.7. The highest BCUT2D eigenvalue weighted by Crippen LogP contribution is 2.52. The Kier molecular flexibility index (Phi) is 3.60. The summed E-state index contributed by atoms with van der Waals surface area (Å²) in [6.45, 7) is 0.480. The summed E-state index contributed by atoms with van der Waals surface area (Å²) < 4.78 is 12.0. The first-order valence-corrected chi connectivity index (χ1v) is 9.44. The summed E-state index contributed by atoms with van der Waals surface area (Å²) in [5.74, 6) is 1.17. The molecule has 5 rings (SSSR count). The van der Waals surface area contributed by atoms with Crippen LogP contribution < -0.4 is 10.5 Å². The molecular formula is C20H20ClN3O2. The van der Waals surface area contributed by atoms with Crippen molar-refractivity contribution in [1.29, 1.82) is 0 Å². The molecule has 1 saturated carbocycles. The second-order valence-electron chi connectivity index (χ2n) is 7.31. The van der Waals surface area contributed by atoms with Crippen molar-refractivity contribution < 1.29 is 9.47 Å². The Balaban J connectivity index is 1.67. The van der Waals surface area contributed by atoms with Crippen molar-refractivity contribution in [3.05, 3.63) is 47.2 Å². The fourth-order valence-corrected chi connectivity index (χ4v) is 4.81. The molecule has 0 amide bonds. The quantitative estimate of drug-likeness (QED) is 0.827. The van der Waals surface area contributed by atoms with E-state index in [2.05, 4.69) is 11.1 Å². The van der Waals surface area contributed by atoms with E-state index in [1.54, 1.807) is 6.20 Å². The standard InChI is InChI=1S/C20H20ClN3O2/c21-14-7-13(9-23-10-14)12-5-6-18-16(8-12)20(11-25-19(22)24-20)15-3-1-2-4-17(15)26-18/h5-10,15,17H,1-4,11H2,(H2,22,24). The van der Waals surface area contributed by atoms with Crippen LogP contribution in [0.25, 0.3) is 11.1 Å². The molecule has 1 aliphatic carbocycles. The number of halogens is 1. The summed E-state index contributed by atoms with van der Waals surface area (Å²) in [6, 6.07) is 8.41. The van der Waals surface area contributed by atoms with Gasteiger partial charge in [-0.25, -0.2) is 4.99 Å². The number of hydrogen-bond acceptors (Lipinski definition) is 5. The maximum atomic E-state index is 6.37. The van der Waals surface area contributed by atoms with Gasteiger partial charge in [-0.2, -0.15) is 0 Å². The molecule has 3 unspecified atom stereocenters. The molecule has 1 fully saturated rings. The molecule has 26 heavy (non-hydrogen) atoms. The lowest BCUT2D eigenvalue weighted by atomic mass is 9.68. The minimum absolute atomic E-state index is 0.174. The van der Waals surface area contributed by atoms with Crippen LogP contribution in [0.15, 0.2) is 41.7 Å². The third kappa shape index (κ3) is 2.37. The molecule has 2 aliphatic heterocycles. The number of hydrogen-bond donors (Lipinski definition) is 1. The normalized spacial score (nSPS) is 29.3. The van der Waals surface area contributed by atoms with Crippen molar-refractivity contribution >= 4 is 17.6 Å². The van der Waals surface area contributed by atoms with Crippen LogP contribution in [-0.2, 0) is 10.3 Å². The van der Waals surface area contributed by atoms with Crippen molar-refractivity contribution in [3.63, 3.8) is 0 Å². The monoisotopic (exact) mass is 369 g/mol. The van der Waals surface area contributed by atoms with Crippen LogP contribution in [0.3, 0.4) is 0 Å². The Morgan fingerprint density at radius 1 is 1.12 bits per heavy atom. The lowest BCUT2D eigenvalue weighted by Crippen LogP contribution is -2.49. The van der Waals surface area contributed by atoms with Crippen LogP contribution >= 0.6 is 11.6 Å². The molecule has 1 spiro atoms. The Morgan fingerprint density at radius 3 is 2.81 bits per heavy atom. The Labute approximate surface area is 157 Å². The molecule has 6 heteroatoms. The third-order valence-corrected chi connectivity index (χ3v) is 6.03. The number of amidine groups is 1. The smallest absolute Gasteiger partial charge is 0.283 e. The minimum Gasteiger partial charge on any atom is -0.490 e. The topological polar surface area (TPSA) is 69.7 Å². The highest BCUT2D eigenvalue weighted by atomic mass is 35.5. The third-order valence-electron chi connectivity index (χ3n) is 5.83. The Morgan fingerprint density at radius 2 is 2.00 bits per heavy atom. The molecule has 3 atom stereocenters. The van der Waals surface area contributed by atoms with E-state index in [1.165, 1.54) is 12.8 Å². The lowest BCUT2D eigenvalue weighted by Gasteiger charge is -2.46. The van der Waals surface area contributed by atoms with Crippen LogP contribution in [-0.4, -0.2) is 23.7 Å². The van der Waals surface area contributed by atoms with E-state index < -0.39 is 5.54 Å². The van der Waals surface area contributed by atoms with Gasteiger partial charge in [-0.05, 0) is 43.0 Å². The fraction of sp³-hybridized carbons (Fsp3) is 0.400. The Hall–Kier alpha value is -2.27.